The summed E-state index contributed by atoms with van der Waals surface area (Å²) in [5, 5.41) is 5.11. The summed E-state index contributed by atoms with van der Waals surface area (Å²) in [6.07, 6.45) is 1.67. The second kappa shape index (κ2) is 5.32. The van der Waals surface area contributed by atoms with Crippen LogP contribution in [0.1, 0.15) is 0 Å². The molecular formula is C19H13N5O2. The maximum Gasteiger partial charge on any atom is 0.275 e. The topological polar surface area (TPSA) is 102 Å². The van der Waals surface area contributed by atoms with Gasteiger partial charge in [-0.15, -0.1) is 5.10 Å². The molecule has 26 heavy (non-hydrogen) atoms. The van der Waals surface area contributed by atoms with E-state index in [1.165, 1.54) is 10.6 Å². The summed E-state index contributed by atoms with van der Waals surface area (Å²) < 4.78 is 7.11. The van der Waals surface area contributed by atoms with Gasteiger partial charge in [0.15, 0.2) is 11.6 Å². The smallest absolute Gasteiger partial charge is 0.275 e. The molecule has 0 unspecified atom stereocenters. The predicted molar refractivity (Wildman–Crippen MR) is 98.7 cm³/mol. The van der Waals surface area contributed by atoms with Gasteiger partial charge in [0.25, 0.3) is 5.56 Å². The number of furan rings is 1. The number of nitrogen functional groups attached to an aromatic ring is 1. The van der Waals surface area contributed by atoms with Crippen molar-refractivity contribution in [1.29, 1.82) is 0 Å². The Labute approximate surface area is 146 Å². The van der Waals surface area contributed by atoms with Crippen LogP contribution in [0, 0.1) is 0 Å². The van der Waals surface area contributed by atoms with Crippen molar-refractivity contribution in [2.75, 3.05) is 5.73 Å². The largest absolute Gasteiger partial charge is 0.455 e. The van der Waals surface area contributed by atoms with E-state index in [9.17, 15) is 4.79 Å². The van der Waals surface area contributed by atoms with Crippen molar-refractivity contribution < 1.29 is 4.42 Å². The summed E-state index contributed by atoms with van der Waals surface area (Å²) in [5.74, 6) is 0.802. The van der Waals surface area contributed by atoms with Crippen LogP contribution in [0.15, 0.2) is 70.0 Å². The van der Waals surface area contributed by atoms with E-state index in [1.807, 2.05) is 48.5 Å². The van der Waals surface area contributed by atoms with Crippen molar-refractivity contribution in [2.24, 2.45) is 0 Å². The Morgan fingerprint density at radius 1 is 1.08 bits per heavy atom. The number of aromatic nitrogens is 4. The number of anilines is 1. The van der Waals surface area contributed by atoms with Gasteiger partial charge < -0.3 is 15.1 Å². The highest BCUT2D eigenvalue weighted by atomic mass is 16.3. The molecule has 4 aromatic heterocycles. The Balaban J connectivity index is 1.79. The number of H-pyrrole nitrogens is 1. The number of benzene rings is 1. The average Bonchev–Trinajstić information content (AvgIpc) is 3.23. The minimum Gasteiger partial charge on any atom is -0.455 e. The Morgan fingerprint density at radius 2 is 1.92 bits per heavy atom. The third-order valence-corrected chi connectivity index (χ3v) is 4.25. The van der Waals surface area contributed by atoms with Crippen LogP contribution in [0.3, 0.4) is 0 Å². The van der Waals surface area contributed by atoms with Crippen molar-refractivity contribution in [3.63, 3.8) is 0 Å². The standard InChI is InChI=1S/C19H13N5O2/c20-18-17(12-6-3-4-8-21-12)19-22-13(10-16(25)24(19)23-18)15-9-11-5-1-2-7-14(11)26-15/h1-10,22H,(H2,20,23). The highest BCUT2D eigenvalue weighted by Gasteiger charge is 2.18. The van der Waals surface area contributed by atoms with Crippen molar-refractivity contribution in [3.05, 3.63) is 71.1 Å². The van der Waals surface area contributed by atoms with Crippen LogP contribution in [0.25, 0.3) is 39.3 Å². The van der Waals surface area contributed by atoms with Gasteiger partial charge in [-0.3, -0.25) is 9.78 Å². The Hall–Kier alpha value is -3.87. The minimum atomic E-state index is -0.303. The van der Waals surface area contributed by atoms with E-state index in [4.69, 9.17) is 10.2 Å². The minimum absolute atomic E-state index is 0.235. The van der Waals surface area contributed by atoms with Gasteiger partial charge in [0.2, 0.25) is 0 Å². The zero-order valence-corrected chi connectivity index (χ0v) is 13.5. The molecule has 5 aromatic rings. The summed E-state index contributed by atoms with van der Waals surface area (Å²) >= 11 is 0. The first-order valence-electron chi connectivity index (χ1n) is 8.02. The fourth-order valence-electron chi connectivity index (χ4n) is 3.07. The molecule has 126 valence electrons. The van der Waals surface area contributed by atoms with Gasteiger partial charge in [0, 0.05) is 17.6 Å². The molecule has 0 aliphatic rings. The number of aromatic amines is 1. The predicted octanol–water partition coefficient (Wildman–Crippen LogP) is 3.08. The molecular weight excluding hydrogens is 330 g/mol. The third-order valence-electron chi connectivity index (χ3n) is 4.25. The molecule has 0 radical (unpaired) electrons. The van der Waals surface area contributed by atoms with E-state index in [0.29, 0.717) is 28.4 Å². The molecule has 0 aliphatic carbocycles. The van der Waals surface area contributed by atoms with Crippen LogP contribution in [0.2, 0.25) is 0 Å². The number of nitrogens with zero attached hydrogens (tertiary/aromatic N) is 3. The highest BCUT2D eigenvalue weighted by Crippen LogP contribution is 2.30. The maximum absolute atomic E-state index is 12.5. The number of para-hydroxylation sites is 1. The van der Waals surface area contributed by atoms with Gasteiger partial charge in [0.1, 0.15) is 11.2 Å². The lowest BCUT2D eigenvalue weighted by atomic mass is 10.2. The molecule has 0 fully saturated rings. The molecule has 7 nitrogen and oxygen atoms in total. The number of hydrogen-bond donors (Lipinski definition) is 2. The number of nitrogens with one attached hydrogen (secondary N) is 1. The third kappa shape index (κ3) is 2.11. The first-order valence-corrected chi connectivity index (χ1v) is 8.02. The number of nitrogens with two attached hydrogens (primary N) is 1. The lowest BCUT2D eigenvalue weighted by Crippen LogP contribution is -2.14. The van der Waals surface area contributed by atoms with E-state index in [2.05, 4.69) is 15.1 Å². The molecule has 3 N–H and O–H groups in total. The van der Waals surface area contributed by atoms with Gasteiger partial charge in [0.05, 0.1) is 17.0 Å². The first-order chi connectivity index (χ1) is 12.7. The second-order valence-corrected chi connectivity index (χ2v) is 5.91. The van der Waals surface area contributed by atoms with Crippen LogP contribution in [-0.4, -0.2) is 19.6 Å². The average molecular weight is 343 g/mol. The van der Waals surface area contributed by atoms with Crippen LogP contribution in [0.4, 0.5) is 5.82 Å². The SMILES string of the molecule is Nc1nn2c(=O)cc(-c3cc4ccccc4o3)[nH]c2c1-c1ccccn1. The van der Waals surface area contributed by atoms with E-state index in [0.717, 1.165) is 11.0 Å². The van der Waals surface area contributed by atoms with Crippen molar-refractivity contribution in [1.82, 2.24) is 19.6 Å². The van der Waals surface area contributed by atoms with Gasteiger partial charge in [-0.05, 0) is 24.3 Å². The van der Waals surface area contributed by atoms with Crippen LogP contribution in [-0.2, 0) is 0 Å². The number of pyridine rings is 1. The number of rotatable bonds is 2. The lowest BCUT2D eigenvalue weighted by molar-refractivity contribution is 0.628. The highest BCUT2D eigenvalue weighted by molar-refractivity contribution is 5.86. The second-order valence-electron chi connectivity index (χ2n) is 5.91. The van der Waals surface area contributed by atoms with Crippen LogP contribution >= 0.6 is 0 Å². The molecule has 0 bridgehead atoms. The zero-order chi connectivity index (χ0) is 17.7. The molecule has 1 aromatic carbocycles. The van der Waals surface area contributed by atoms with Gasteiger partial charge in [-0.1, -0.05) is 24.3 Å². The normalized spacial score (nSPS) is 11.4. The van der Waals surface area contributed by atoms with E-state index >= 15 is 0 Å². The fraction of sp³-hybridized carbons (Fsp3) is 0. The number of hydrogen-bond acceptors (Lipinski definition) is 5. The summed E-state index contributed by atoms with van der Waals surface area (Å²) in [5.41, 5.74) is 8.75. The molecule has 0 aliphatic heterocycles. The fourth-order valence-corrected chi connectivity index (χ4v) is 3.07. The van der Waals surface area contributed by atoms with Crippen molar-refractivity contribution in [3.8, 4) is 22.7 Å². The van der Waals surface area contributed by atoms with E-state index in [-0.39, 0.29) is 11.4 Å². The Bertz CT molecular complexity index is 1280. The van der Waals surface area contributed by atoms with E-state index in [1.54, 1.807) is 6.20 Å². The van der Waals surface area contributed by atoms with Gasteiger partial charge in [-0.25, -0.2) is 0 Å². The molecule has 0 amide bonds. The molecule has 0 saturated heterocycles. The van der Waals surface area contributed by atoms with Crippen LogP contribution < -0.4 is 11.3 Å². The lowest BCUT2D eigenvalue weighted by Gasteiger charge is -2.02. The van der Waals surface area contributed by atoms with E-state index < -0.39 is 0 Å². The monoisotopic (exact) mass is 343 g/mol. The summed E-state index contributed by atoms with van der Waals surface area (Å²) in [6, 6.07) is 16.5. The first kappa shape index (κ1) is 14.5. The molecule has 0 spiro atoms. The quantitative estimate of drug-likeness (QED) is 0.513. The molecule has 0 atom stereocenters. The summed E-state index contributed by atoms with van der Waals surface area (Å²) in [6.45, 7) is 0. The van der Waals surface area contributed by atoms with Crippen molar-refractivity contribution >= 4 is 22.4 Å². The Morgan fingerprint density at radius 3 is 2.73 bits per heavy atom. The molecule has 4 heterocycles. The van der Waals surface area contributed by atoms with Crippen LogP contribution in [0.5, 0.6) is 0 Å². The molecule has 0 saturated carbocycles. The van der Waals surface area contributed by atoms with Gasteiger partial charge in [-0.2, -0.15) is 4.52 Å². The zero-order valence-electron chi connectivity index (χ0n) is 13.5. The number of fused-ring (bicyclic) bond motifs is 2. The summed E-state index contributed by atoms with van der Waals surface area (Å²) in [7, 11) is 0. The molecule has 5 rings (SSSR count). The Kier molecular flexibility index (Phi) is 2.96. The van der Waals surface area contributed by atoms with Gasteiger partial charge >= 0.3 is 0 Å². The van der Waals surface area contributed by atoms with Crippen molar-refractivity contribution in [2.45, 2.75) is 0 Å². The summed E-state index contributed by atoms with van der Waals surface area (Å²) in [4.78, 5) is 20.1. The maximum atomic E-state index is 12.5. The molecule has 7 heteroatoms.